The van der Waals surface area contributed by atoms with E-state index in [9.17, 15) is 0 Å². The summed E-state index contributed by atoms with van der Waals surface area (Å²) in [5, 5.41) is 3.85. The molecule has 0 radical (unpaired) electrons. The van der Waals surface area contributed by atoms with Gasteiger partial charge >= 0.3 is 0 Å². The van der Waals surface area contributed by atoms with Gasteiger partial charge in [0.05, 0.1) is 6.04 Å². The molecule has 2 aromatic carbocycles. The predicted molar refractivity (Wildman–Crippen MR) is 186 cm³/mol. The third-order valence-corrected chi connectivity index (χ3v) is 8.76. The SMILES string of the molecule is BrC1/C=C\CCCCC1.CCC(N[C@H](C)c1ccccc1)C1/C=C\CCCCC1.CCC=N[C@H](C)c1ccccc1. The molecule has 0 bridgehead atoms. The molecule has 4 rings (SSSR count). The molecule has 2 aromatic rings. The number of allylic oxidation sites excluding steroid dienone is 3. The predicted octanol–water partition coefficient (Wildman–Crippen LogP) is 11.8. The normalized spacial score (nSPS) is 23.0. The maximum atomic E-state index is 4.39. The Hall–Kier alpha value is -1.97. The van der Waals surface area contributed by atoms with Gasteiger partial charge in [0.2, 0.25) is 0 Å². The van der Waals surface area contributed by atoms with E-state index in [1.165, 1.54) is 81.8 Å². The fourth-order valence-electron chi connectivity index (χ4n) is 5.42. The van der Waals surface area contributed by atoms with Gasteiger partial charge in [-0.25, -0.2) is 0 Å². The van der Waals surface area contributed by atoms with Crippen LogP contribution in [0.15, 0.2) is 90.0 Å². The molecule has 2 aliphatic rings. The van der Waals surface area contributed by atoms with E-state index in [-0.39, 0.29) is 0 Å². The highest BCUT2D eigenvalue weighted by atomic mass is 79.9. The lowest BCUT2D eigenvalue weighted by atomic mass is 9.88. The maximum Gasteiger partial charge on any atom is 0.0716 e. The van der Waals surface area contributed by atoms with Crippen LogP contribution >= 0.6 is 15.9 Å². The first-order valence-corrected chi connectivity index (χ1v) is 17.3. The standard InChI is InChI=1S/C19H29N.C11H15N.C8H13Br/c1-3-19(18-14-8-5-4-6-9-15-18)20-16(2)17-12-10-7-11-13-17;1-3-9-12-10(2)11-7-5-4-6-8-11;9-8-6-4-2-1-3-5-7-8/h7-8,10-14,16,18-20H,3-6,9,15H2,1-2H3;4-10H,3H2,1-2H3;4,6,8H,1-3,5,7H2/b14-8-;;6-4-/t16-,18?,19?;10-;/m11./s1. The van der Waals surface area contributed by atoms with Gasteiger partial charge in [0.25, 0.3) is 0 Å². The average Bonchev–Trinajstić information content (AvgIpc) is 2.98. The third kappa shape index (κ3) is 15.7. The zero-order valence-corrected chi connectivity index (χ0v) is 27.9. The largest absolute Gasteiger partial charge is 0.307 e. The Balaban J connectivity index is 0.000000237. The Morgan fingerprint density at radius 1 is 0.780 bits per heavy atom. The van der Waals surface area contributed by atoms with Gasteiger partial charge in [-0.15, -0.1) is 0 Å². The fraction of sp³-hybridized carbons (Fsp3) is 0.553. The van der Waals surface area contributed by atoms with Crippen LogP contribution in [-0.4, -0.2) is 17.1 Å². The minimum absolute atomic E-state index is 0.297. The van der Waals surface area contributed by atoms with Crippen molar-refractivity contribution >= 4 is 22.1 Å². The number of halogens is 1. The van der Waals surface area contributed by atoms with Crippen LogP contribution in [0, 0.1) is 5.92 Å². The number of rotatable bonds is 8. The van der Waals surface area contributed by atoms with Gasteiger partial charge in [0.15, 0.2) is 0 Å². The lowest BCUT2D eigenvalue weighted by Gasteiger charge is -2.29. The van der Waals surface area contributed by atoms with E-state index in [2.05, 4.69) is 121 Å². The molecular weight excluding hydrogens is 564 g/mol. The molecule has 2 nitrogen and oxygen atoms in total. The van der Waals surface area contributed by atoms with Gasteiger partial charge < -0.3 is 5.32 Å². The van der Waals surface area contributed by atoms with E-state index in [0.29, 0.717) is 28.9 Å². The summed E-state index contributed by atoms with van der Waals surface area (Å²) in [6, 6.07) is 22.5. The first kappa shape index (κ1) is 35.2. The number of alkyl halides is 1. The molecule has 1 N–H and O–H groups in total. The lowest BCUT2D eigenvalue weighted by Crippen LogP contribution is -2.37. The van der Waals surface area contributed by atoms with E-state index < -0.39 is 0 Å². The molecule has 226 valence electrons. The molecule has 0 fully saturated rings. The summed E-state index contributed by atoms with van der Waals surface area (Å²) in [6.07, 6.45) is 27.1. The van der Waals surface area contributed by atoms with Crippen LogP contribution in [0.2, 0.25) is 0 Å². The van der Waals surface area contributed by atoms with E-state index in [1.54, 1.807) is 0 Å². The van der Waals surface area contributed by atoms with Crippen molar-refractivity contribution in [1.82, 2.24) is 5.32 Å². The smallest absolute Gasteiger partial charge is 0.0716 e. The zero-order valence-electron chi connectivity index (χ0n) is 26.4. The van der Waals surface area contributed by atoms with Crippen LogP contribution < -0.4 is 5.32 Å². The summed E-state index contributed by atoms with van der Waals surface area (Å²) in [7, 11) is 0. The highest BCUT2D eigenvalue weighted by Gasteiger charge is 2.20. The van der Waals surface area contributed by atoms with E-state index in [0.717, 1.165) is 6.42 Å². The van der Waals surface area contributed by atoms with Crippen molar-refractivity contribution in [2.75, 3.05) is 0 Å². The number of nitrogens with zero attached hydrogens (tertiary/aromatic N) is 1. The molecule has 0 aromatic heterocycles. The van der Waals surface area contributed by atoms with Gasteiger partial charge in [-0.05, 0) is 88.5 Å². The minimum atomic E-state index is 0.297. The molecule has 0 amide bonds. The molecule has 0 saturated carbocycles. The van der Waals surface area contributed by atoms with Crippen molar-refractivity contribution in [3.63, 3.8) is 0 Å². The highest BCUT2D eigenvalue weighted by molar-refractivity contribution is 9.09. The molecule has 2 aliphatic carbocycles. The van der Waals surface area contributed by atoms with Crippen LogP contribution in [0.4, 0.5) is 0 Å². The number of hydrogen-bond donors (Lipinski definition) is 1. The Labute approximate surface area is 261 Å². The van der Waals surface area contributed by atoms with Crippen molar-refractivity contribution < 1.29 is 0 Å². The van der Waals surface area contributed by atoms with Crippen LogP contribution in [0.5, 0.6) is 0 Å². The summed E-state index contributed by atoms with van der Waals surface area (Å²) in [4.78, 5) is 5.04. The van der Waals surface area contributed by atoms with E-state index in [4.69, 9.17) is 0 Å². The minimum Gasteiger partial charge on any atom is -0.307 e. The number of hydrogen-bond acceptors (Lipinski definition) is 2. The van der Waals surface area contributed by atoms with Crippen molar-refractivity contribution in [2.45, 2.75) is 128 Å². The van der Waals surface area contributed by atoms with Crippen molar-refractivity contribution in [2.24, 2.45) is 10.9 Å². The molecule has 0 heterocycles. The maximum absolute atomic E-state index is 4.39. The summed E-state index contributed by atoms with van der Waals surface area (Å²) in [6.45, 7) is 8.80. The molecule has 3 heteroatoms. The first-order valence-electron chi connectivity index (χ1n) is 16.4. The van der Waals surface area contributed by atoms with E-state index in [1.807, 2.05) is 24.4 Å². The second-order valence-electron chi connectivity index (χ2n) is 11.5. The monoisotopic (exact) mass is 620 g/mol. The molecule has 41 heavy (non-hydrogen) atoms. The molecule has 5 atom stereocenters. The highest BCUT2D eigenvalue weighted by Crippen LogP contribution is 2.24. The first-order chi connectivity index (χ1) is 20.0. The molecular formula is C38H57BrN2. The van der Waals surface area contributed by atoms with Gasteiger partial charge in [0, 0.05) is 16.9 Å². The number of nitrogens with one attached hydrogen (secondary N) is 1. The van der Waals surface area contributed by atoms with Crippen LogP contribution in [0.1, 0.15) is 128 Å². The zero-order chi connectivity index (χ0) is 29.5. The fourth-order valence-corrected chi connectivity index (χ4v) is 5.96. The topological polar surface area (TPSA) is 24.4 Å². The second kappa shape index (κ2) is 22.6. The summed E-state index contributed by atoms with van der Waals surface area (Å²) >= 11 is 3.59. The third-order valence-electron chi connectivity index (χ3n) is 8.00. The molecule has 0 saturated heterocycles. The quantitative estimate of drug-likeness (QED) is 0.177. The lowest BCUT2D eigenvalue weighted by molar-refractivity contribution is 0.338. The number of benzene rings is 2. The van der Waals surface area contributed by atoms with Crippen LogP contribution in [0.3, 0.4) is 0 Å². The number of aliphatic imine (C=N–C) groups is 1. The summed E-state index contributed by atoms with van der Waals surface area (Å²) in [5.41, 5.74) is 2.67. The van der Waals surface area contributed by atoms with E-state index >= 15 is 0 Å². The van der Waals surface area contributed by atoms with Crippen LogP contribution in [0.25, 0.3) is 0 Å². The van der Waals surface area contributed by atoms with Gasteiger partial charge in [-0.1, -0.05) is 140 Å². The summed E-state index contributed by atoms with van der Waals surface area (Å²) < 4.78 is 0. The Bertz CT molecular complexity index is 968. The van der Waals surface area contributed by atoms with Crippen molar-refractivity contribution in [3.05, 3.63) is 96.1 Å². The molecule has 0 spiro atoms. The van der Waals surface area contributed by atoms with Gasteiger partial charge in [-0.2, -0.15) is 0 Å². The second-order valence-corrected chi connectivity index (χ2v) is 12.6. The Kier molecular flexibility index (Phi) is 19.4. The molecule has 0 aliphatic heterocycles. The van der Waals surface area contributed by atoms with Crippen molar-refractivity contribution in [1.29, 1.82) is 0 Å². The Morgan fingerprint density at radius 2 is 1.37 bits per heavy atom. The molecule has 3 unspecified atom stereocenters. The van der Waals surface area contributed by atoms with Crippen molar-refractivity contribution in [3.8, 4) is 0 Å². The van der Waals surface area contributed by atoms with Gasteiger partial charge in [-0.3, -0.25) is 4.99 Å². The van der Waals surface area contributed by atoms with Crippen LogP contribution in [-0.2, 0) is 0 Å². The average molecular weight is 622 g/mol. The van der Waals surface area contributed by atoms with Gasteiger partial charge in [0.1, 0.15) is 0 Å². The summed E-state index contributed by atoms with van der Waals surface area (Å²) in [5.74, 6) is 0.700. The Morgan fingerprint density at radius 3 is 1.98 bits per heavy atom.